The first-order valence-corrected chi connectivity index (χ1v) is 9.06. The van der Waals surface area contributed by atoms with Crippen molar-refractivity contribution in [3.8, 4) is 5.75 Å². The van der Waals surface area contributed by atoms with Gasteiger partial charge >= 0.3 is 0 Å². The van der Waals surface area contributed by atoms with Crippen LogP contribution in [-0.2, 0) is 0 Å². The number of hydrogen-bond acceptors (Lipinski definition) is 1. The van der Waals surface area contributed by atoms with Gasteiger partial charge in [-0.05, 0) is 55.2 Å². The highest BCUT2D eigenvalue weighted by Gasteiger charge is 2.19. The molecule has 0 spiro atoms. The third-order valence-electron chi connectivity index (χ3n) is 4.90. The Morgan fingerprint density at radius 2 is 1.76 bits per heavy atom. The predicted molar refractivity (Wildman–Crippen MR) is 91.1 cm³/mol. The van der Waals surface area contributed by atoms with E-state index in [1.54, 1.807) is 0 Å². The van der Waals surface area contributed by atoms with E-state index in [4.69, 9.17) is 4.74 Å². The third-order valence-corrected chi connectivity index (χ3v) is 4.90. The van der Waals surface area contributed by atoms with Gasteiger partial charge in [0.15, 0.2) is 0 Å². The monoisotopic (exact) mass is 288 g/mol. The van der Waals surface area contributed by atoms with Gasteiger partial charge in [0.2, 0.25) is 0 Å². The van der Waals surface area contributed by atoms with E-state index in [2.05, 4.69) is 38.1 Å². The third kappa shape index (κ3) is 5.37. The molecule has 1 fully saturated rings. The fraction of sp³-hybridized carbons (Fsp3) is 0.700. The first-order valence-electron chi connectivity index (χ1n) is 9.06. The average Bonchev–Trinajstić information content (AvgIpc) is 2.74. The van der Waals surface area contributed by atoms with Gasteiger partial charge in [-0.3, -0.25) is 0 Å². The lowest BCUT2D eigenvalue weighted by Crippen LogP contribution is -2.00. The molecule has 0 N–H and O–H groups in total. The number of unbranched alkanes of at least 4 members (excludes halogenated alkanes) is 1. The second-order valence-electron chi connectivity index (χ2n) is 6.63. The SMILES string of the molecule is CCCCOc1ccc([C@H]2CCC[C@H](CCC)CC2)cc1. The summed E-state index contributed by atoms with van der Waals surface area (Å²) >= 11 is 0. The lowest BCUT2D eigenvalue weighted by atomic mass is 9.90. The summed E-state index contributed by atoms with van der Waals surface area (Å²) in [7, 11) is 0. The molecule has 2 rings (SSSR count). The largest absolute Gasteiger partial charge is 0.494 e. The van der Waals surface area contributed by atoms with Crippen LogP contribution in [0.2, 0.25) is 0 Å². The van der Waals surface area contributed by atoms with Crippen LogP contribution in [0.3, 0.4) is 0 Å². The van der Waals surface area contributed by atoms with Crippen molar-refractivity contribution in [1.82, 2.24) is 0 Å². The number of rotatable bonds is 7. The standard InChI is InChI=1S/C20H32O/c1-3-5-16-21-20-14-12-19(13-15-20)18-9-6-8-17(7-4-2)10-11-18/h12-15,17-18H,3-11,16H2,1-2H3/t17-,18-/m0/s1. The zero-order valence-electron chi connectivity index (χ0n) is 13.9. The van der Waals surface area contributed by atoms with E-state index in [1.165, 1.54) is 56.9 Å². The van der Waals surface area contributed by atoms with E-state index in [0.717, 1.165) is 30.6 Å². The first-order chi connectivity index (χ1) is 10.3. The minimum absolute atomic E-state index is 0.775. The Labute approximate surface area is 131 Å². The van der Waals surface area contributed by atoms with E-state index in [9.17, 15) is 0 Å². The summed E-state index contributed by atoms with van der Waals surface area (Å²) in [6.07, 6.45) is 12.1. The minimum atomic E-state index is 0.775. The molecule has 1 heteroatoms. The van der Waals surface area contributed by atoms with Crippen LogP contribution < -0.4 is 4.74 Å². The minimum Gasteiger partial charge on any atom is -0.494 e. The Morgan fingerprint density at radius 3 is 2.48 bits per heavy atom. The maximum absolute atomic E-state index is 5.76. The molecular weight excluding hydrogens is 256 g/mol. The van der Waals surface area contributed by atoms with Gasteiger partial charge in [-0.25, -0.2) is 0 Å². The summed E-state index contributed by atoms with van der Waals surface area (Å²) in [6.45, 7) is 5.36. The van der Waals surface area contributed by atoms with Crippen LogP contribution in [0.25, 0.3) is 0 Å². The summed E-state index contributed by atoms with van der Waals surface area (Å²) in [5.74, 6) is 2.79. The molecule has 21 heavy (non-hydrogen) atoms. The van der Waals surface area contributed by atoms with Crippen molar-refractivity contribution in [3.05, 3.63) is 29.8 Å². The molecule has 1 nitrogen and oxygen atoms in total. The molecule has 0 radical (unpaired) electrons. The van der Waals surface area contributed by atoms with Gasteiger partial charge in [0.25, 0.3) is 0 Å². The van der Waals surface area contributed by atoms with Gasteiger partial charge < -0.3 is 4.74 Å². The smallest absolute Gasteiger partial charge is 0.119 e. The van der Waals surface area contributed by atoms with Gasteiger partial charge in [-0.2, -0.15) is 0 Å². The van der Waals surface area contributed by atoms with Gasteiger partial charge in [0.05, 0.1) is 6.61 Å². The van der Waals surface area contributed by atoms with Crippen LogP contribution in [0.1, 0.15) is 83.1 Å². The Hall–Kier alpha value is -0.980. The van der Waals surface area contributed by atoms with Crippen molar-refractivity contribution in [2.24, 2.45) is 5.92 Å². The van der Waals surface area contributed by atoms with Gasteiger partial charge in [0, 0.05) is 0 Å². The van der Waals surface area contributed by atoms with Crippen molar-refractivity contribution in [1.29, 1.82) is 0 Å². The lowest BCUT2D eigenvalue weighted by Gasteiger charge is -2.16. The van der Waals surface area contributed by atoms with Crippen molar-refractivity contribution >= 4 is 0 Å². The van der Waals surface area contributed by atoms with Gasteiger partial charge in [0.1, 0.15) is 5.75 Å². The van der Waals surface area contributed by atoms with E-state index < -0.39 is 0 Å². The second kappa shape index (κ2) is 9.12. The Balaban J connectivity index is 1.86. The highest BCUT2D eigenvalue weighted by Crippen LogP contribution is 2.36. The van der Waals surface area contributed by atoms with Crippen molar-refractivity contribution in [3.63, 3.8) is 0 Å². The van der Waals surface area contributed by atoms with Crippen LogP contribution in [-0.4, -0.2) is 6.61 Å². The van der Waals surface area contributed by atoms with Crippen LogP contribution in [0.5, 0.6) is 5.75 Å². The number of benzene rings is 1. The van der Waals surface area contributed by atoms with Gasteiger partial charge in [-0.1, -0.05) is 58.1 Å². The highest BCUT2D eigenvalue weighted by atomic mass is 16.5. The van der Waals surface area contributed by atoms with Crippen molar-refractivity contribution in [2.75, 3.05) is 6.61 Å². The maximum Gasteiger partial charge on any atom is 0.119 e. The molecule has 1 aromatic rings. The second-order valence-corrected chi connectivity index (χ2v) is 6.63. The summed E-state index contributed by atoms with van der Waals surface area (Å²) < 4.78 is 5.76. The molecule has 0 amide bonds. The number of ether oxygens (including phenoxy) is 1. The van der Waals surface area contributed by atoms with E-state index in [0.29, 0.717) is 0 Å². The molecule has 0 aliphatic heterocycles. The van der Waals surface area contributed by atoms with Crippen LogP contribution in [0, 0.1) is 5.92 Å². The van der Waals surface area contributed by atoms with Crippen molar-refractivity contribution in [2.45, 2.75) is 77.6 Å². The van der Waals surface area contributed by atoms with Gasteiger partial charge in [-0.15, -0.1) is 0 Å². The lowest BCUT2D eigenvalue weighted by molar-refractivity contribution is 0.309. The Morgan fingerprint density at radius 1 is 0.952 bits per heavy atom. The molecular formula is C20H32O. The molecule has 0 aromatic heterocycles. The zero-order chi connectivity index (χ0) is 14.9. The molecule has 0 bridgehead atoms. The molecule has 0 unspecified atom stereocenters. The molecule has 1 aliphatic carbocycles. The quantitative estimate of drug-likeness (QED) is 0.421. The van der Waals surface area contributed by atoms with Crippen molar-refractivity contribution < 1.29 is 4.74 Å². The summed E-state index contributed by atoms with van der Waals surface area (Å²) in [6, 6.07) is 8.93. The average molecular weight is 288 g/mol. The van der Waals surface area contributed by atoms with E-state index in [-0.39, 0.29) is 0 Å². The normalized spacial score (nSPS) is 22.8. The van der Waals surface area contributed by atoms with Crippen LogP contribution >= 0.6 is 0 Å². The molecule has 1 aliphatic rings. The Kier molecular flexibility index (Phi) is 7.12. The van der Waals surface area contributed by atoms with E-state index >= 15 is 0 Å². The molecule has 118 valence electrons. The summed E-state index contributed by atoms with van der Waals surface area (Å²) in [5, 5.41) is 0. The molecule has 1 saturated carbocycles. The zero-order valence-corrected chi connectivity index (χ0v) is 13.9. The van der Waals surface area contributed by atoms with Crippen LogP contribution in [0.4, 0.5) is 0 Å². The van der Waals surface area contributed by atoms with E-state index in [1.807, 2.05) is 0 Å². The summed E-state index contributed by atoms with van der Waals surface area (Å²) in [5.41, 5.74) is 1.52. The summed E-state index contributed by atoms with van der Waals surface area (Å²) in [4.78, 5) is 0. The maximum atomic E-state index is 5.76. The number of hydrogen-bond donors (Lipinski definition) is 0. The van der Waals surface area contributed by atoms with Crippen LogP contribution in [0.15, 0.2) is 24.3 Å². The molecule has 2 atom stereocenters. The topological polar surface area (TPSA) is 9.23 Å². The predicted octanol–water partition coefficient (Wildman–Crippen LogP) is 6.33. The first kappa shape index (κ1) is 16.4. The highest BCUT2D eigenvalue weighted by molar-refractivity contribution is 5.29. The fourth-order valence-corrected chi connectivity index (χ4v) is 3.58. The molecule has 1 aromatic carbocycles. The Bertz CT molecular complexity index is 381. The molecule has 0 heterocycles. The molecule has 0 saturated heterocycles. The fourth-order valence-electron chi connectivity index (χ4n) is 3.58.